The van der Waals surface area contributed by atoms with Gasteiger partial charge in [0.1, 0.15) is 0 Å². The van der Waals surface area contributed by atoms with E-state index in [-0.39, 0.29) is 15.7 Å². The summed E-state index contributed by atoms with van der Waals surface area (Å²) >= 11 is 4.04. The van der Waals surface area contributed by atoms with Crippen LogP contribution in [0.25, 0.3) is 0 Å². The van der Waals surface area contributed by atoms with E-state index in [1.54, 1.807) is 0 Å². The van der Waals surface area contributed by atoms with Gasteiger partial charge in [-0.15, -0.1) is 0 Å². The van der Waals surface area contributed by atoms with Crippen molar-refractivity contribution >= 4 is 27.7 Å². The Kier molecular flexibility index (Phi) is 4.61. The van der Waals surface area contributed by atoms with Crippen molar-refractivity contribution in [3.8, 4) is 0 Å². The summed E-state index contributed by atoms with van der Waals surface area (Å²) in [5.41, 5.74) is -0.0999. The first-order valence-electron chi connectivity index (χ1n) is 11.2. The van der Waals surface area contributed by atoms with Crippen LogP contribution in [-0.2, 0) is 9.59 Å². The molecule has 0 aromatic carbocycles. The van der Waals surface area contributed by atoms with Crippen molar-refractivity contribution in [2.24, 2.45) is 23.2 Å². The molecule has 6 aliphatic rings. The molecule has 4 nitrogen and oxygen atoms in total. The second-order valence-corrected chi connectivity index (χ2v) is 12.0. The molecule has 2 aliphatic heterocycles. The smallest absolute Gasteiger partial charge is 0.228 e. The van der Waals surface area contributed by atoms with Gasteiger partial charge in [-0.1, -0.05) is 15.9 Å². The summed E-state index contributed by atoms with van der Waals surface area (Å²) < 4.78 is 0.231. The summed E-state index contributed by atoms with van der Waals surface area (Å²) in [5, 5.41) is 0. The number of nitrogens with zero attached hydrogens (tertiary/aromatic N) is 2. The van der Waals surface area contributed by atoms with Crippen LogP contribution < -0.4 is 0 Å². The summed E-state index contributed by atoms with van der Waals surface area (Å²) in [6, 6.07) is 0. The number of hydrogen-bond donors (Lipinski definition) is 0. The molecule has 0 spiro atoms. The third kappa shape index (κ3) is 3.26. The molecular weight excluding hydrogens is 404 g/mol. The van der Waals surface area contributed by atoms with E-state index in [1.165, 1.54) is 25.7 Å². The van der Waals surface area contributed by atoms with Crippen LogP contribution in [-0.4, -0.2) is 52.1 Å². The van der Waals surface area contributed by atoms with Crippen molar-refractivity contribution in [3.63, 3.8) is 0 Å². The van der Waals surface area contributed by atoms with Crippen molar-refractivity contribution in [3.05, 3.63) is 0 Å². The van der Waals surface area contributed by atoms with Gasteiger partial charge in [0.15, 0.2) is 0 Å². The maximum atomic E-state index is 13.6. The van der Waals surface area contributed by atoms with Gasteiger partial charge in [0, 0.05) is 36.4 Å². The summed E-state index contributed by atoms with van der Waals surface area (Å²) in [7, 11) is 0. The molecule has 27 heavy (non-hydrogen) atoms. The van der Waals surface area contributed by atoms with E-state index in [2.05, 4.69) is 25.7 Å². The van der Waals surface area contributed by atoms with E-state index >= 15 is 0 Å². The van der Waals surface area contributed by atoms with E-state index in [9.17, 15) is 9.59 Å². The molecule has 4 bridgehead atoms. The summed E-state index contributed by atoms with van der Waals surface area (Å²) in [5.74, 6) is 2.41. The highest BCUT2D eigenvalue weighted by Crippen LogP contribution is 2.64. The van der Waals surface area contributed by atoms with Gasteiger partial charge in [0.25, 0.3) is 0 Å². The van der Waals surface area contributed by atoms with E-state index in [0.29, 0.717) is 11.8 Å². The zero-order valence-electron chi connectivity index (χ0n) is 16.4. The highest BCUT2D eigenvalue weighted by atomic mass is 79.9. The fourth-order valence-electron chi connectivity index (χ4n) is 7.44. The van der Waals surface area contributed by atoms with E-state index in [4.69, 9.17) is 0 Å². The molecule has 2 saturated heterocycles. The molecule has 0 radical (unpaired) electrons. The average Bonchev–Trinajstić information content (AvgIpc) is 2.66. The minimum absolute atomic E-state index is 0.0999. The maximum Gasteiger partial charge on any atom is 0.228 e. The lowest BCUT2D eigenvalue weighted by atomic mass is 9.49. The molecule has 0 N–H and O–H groups in total. The van der Waals surface area contributed by atoms with Crippen LogP contribution in [0.4, 0.5) is 0 Å². The number of amides is 2. The zero-order valence-corrected chi connectivity index (χ0v) is 18.0. The van der Waals surface area contributed by atoms with Gasteiger partial charge in [0.05, 0.1) is 5.41 Å². The second-order valence-electron chi connectivity index (χ2n) is 10.3. The van der Waals surface area contributed by atoms with Crippen LogP contribution in [0.5, 0.6) is 0 Å². The summed E-state index contributed by atoms with van der Waals surface area (Å²) in [6.45, 7) is 3.46. The predicted molar refractivity (Wildman–Crippen MR) is 109 cm³/mol. The molecule has 5 heteroatoms. The summed E-state index contributed by atoms with van der Waals surface area (Å²) in [6.07, 6.45) is 12.4. The molecule has 0 aromatic heterocycles. The van der Waals surface area contributed by atoms with Crippen LogP contribution in [0.3, 0.4) is 0 Å². The molecule has 150 valence electrons. The molecule has 6 fully saturated rings. The number of halogens is 1. The van der Waals surface area contributed by atoms with Crippen LogP contribution in [0.1, 0.15) is 70.6 Å². The zero-order chi connectivity index (χ0) is 18.6. The Balaban J connectivity index is 1.22. The van der Waals surface area contributed by atoms with Gasteiger partial charge in [-0.3, -0.25) is 9.59 Å². The Morgan fingerprint density at radius 3 is 2.04 bits per heavy atom. The monoisotopic (exact) mass is 436 g/mol. The third-order valence-corrected chi connectivity index (χ3v) is 9.17. The van der Waals surface area contributed by atoms with Gasteiger partial charge in [-0.05, 0) is 82.5 Å². The molecule has 4 saturated carbocycles. The lowest BCUT2D eigenvalue weighted by molar-refractivity contribution is -0.158. The highest BCUT2D eigenvalue weighted by Gasteiger charge is 2.60. The fourth-order valence-corrected chi connectivity index (χ4v) is 8.89. The van der Waals surface area contributed by atoms with Crippen molar-refractivity contribution < 1.29 is 9.59 Å². The molecule has 2 unspecified atom stereocenters. The van der Waals surface area contributed by atoms with Crippen LogP contribution in [0.2, 0.25) is 0 Å². The lowest BCUT2D eigenvalue weighted by Gasteiger charge is -2.60. The Bertz CT molecular complexity index is 608. The van der Waals surface area contributed by atoms with Crippen LogP contribution in [0, 0.1) is 23.2 Å². The standard InChI is InChI=1S/C22H33BrN2O2/c23-22-13-16-10-17(14-22)12-21(11-16,15-22)20(27)25-8-4-18(5-9-25)19(26)24-6-2-1-3-7-24/h16-18H,1-15H2. The first kappa shape index (κ1) is 18.4. The molecule has 6 rings (SSSR count). The predicted octanol–water partition coefficient (Wildman–Crippen LogP) is 3.97. The van der Waals surface area contributed by atoms with Gasteiger partial charge in [-0.25, -0.2) is 0 Å². The number of piperidine rings is 2. The molecule has 2 amide bonds. The lowest BCUT2D eigenvalue weighted by Crippen LogP contribution is -2.59. The Labute approximate surface area is 171 Å². The Hall–Kier alpha value is -0.580. The number of carbonyl (C=O) groups is 2. The van der Waals surface area contributed by atoms with Crippen molar-refractivity contribution in [1.29, 1.82) is 0 Å². The summed E-state index contributed by atoms with van der Waals surface area (Å²) in [4.78, 5) is 30.6. The highest BCUT2D eigenvalue weighted by molar-refractivity contribution is 9.10. The van der Waals surface area contributed by atoms with Crippen molar-refractivity contribution in [1.82, 2.24) is 9.80 Å². The molecule has 2 atom stereocenters. The first-order valence-corrected chi connectivity index (χ1v) is 12.0. The number of carbonyl (C=O) groups excluding carboxylic acids is 2. The SMILES string of the molecule is O=C(C1CCN(C(=O)C23CC4CC(CC(Br)(C4)C2)C3)CC1)N1CCCCC1. The quantitative estimate of drug-likeness (QED) is 0.614. The van der Waals surface area contributed by atoms with Gasteiger partial charge in [-0.2, -0.15) is 0 Å². The number of likely N-dealkylation sites (tertiary alicyclic amines) is 2. The van der Waals surface area contributed by atoms with Crippen molar-refractivity contribution in [2.45, 2.75) is 75.0 Å². The largest absolute Gasteiger partial charge is 0.342 e. The van der Waals surface area contributed by atoms with Crippen LogP contribution >= 0.6 is 15.9 Å². The van der Waals surface area contributed by atoms with Gasteiger partial charge in [0.2, 0.25) is 11.8 Å². The van der Waals surface area contributed by atoms with Crippen molar-refractivity contribution in [2.75, 3.05) is 26.2 Å². The third-order valence-electron chi connectivity index (χ3n) is 8.24. The topological polar surface area (TPSA) is 40.6 Å². The van der Waals surface area contributed by atoms with Gasteiger partial charge < -0.3 is 9.80 Å². The van der Waals surface area contributed by atoms with Crippen LogP contribution in [0.15, 0.2) is 0 Å². The second kappa shape index (κ2) is 6.74. The van der Waals surface area contributed by atoms with E-state index in [0.717, 1.165) is 83.0 Å². The average molecular weight is 437 g/mol. The molecule has 4 aliphatic carbocycles. The fraction of sp³-hybridized carbons (Fsp3) is 0.909. The Morgan fingerprint density at radius 2 is 1.44 bits per heavy atom. The Morgan fingerprint density at radius 1 is 0.815 bits per heavy atom. The minimum Gasteiger partial charge on any atom is -0.342 e. The van der Waals surface area contributed by atoms with E-state index < -0.39 is 0 Å². The molecular formula is C22H33BrN2O2. The van der Waals surface area contributed by atoms with E-state index in [1.807, 2.05) is 0 Å². The molecule has 0 aromatic rings. The number of alkyl halides is 1. The number of hydrogen-bond acceptors (Lipinski definition) is 2. The normalized spacial score (nSPS) is 41.8. The molecule has 2 heterocycles. The first-order chi connectivity index (χ1) is 13.0. The maximum absolute atomic E-state index is 13.6. The van der Waals surface area contributed by atoms with Gasteiger partial charge >= 0.3 is 0 Å². The minimum atomic E-state index is -0.0999. The number of rotatable bonds is 2.